The summed E-state index contributed by atoms with van der Waals surface area (Å²) in [7, 11) is 0. The molecule has 22 heteroatoms. The zero-order valence-corrected chi connectivity index (χ0v) is 77.9. The topological polar surface area (TPSA) is 298 Å². The zero-order chi connectivity index (χ0) is 88.3. The van der Waals surface area contributed by atoms with Gasteiger partial charge in [-0.1, -0.05) is 32.9 Å². The van der Waals surface area contributed by atoms with Gasteiger partial charge in [0.15, 0.2) is 23.1 Å². The maximum atomic E-state index is 13.6. The number of fused-ring (bicyclic) bond motifs is 24. The van der Waals surface area contributed by atoms with Crippen molar-refractivity contribution >= 4 is 67.0 Å². The summed E-state index contributed by atoms with van der Waals surface area (Å²) in [4.78, 5) is 72.3. The molecule has 0 spiro atoms. The molecule has 0 aliphatic heterocycles. The molecule has 688 valence electrons. The molecule has 16 aliphatic carbocycles. The molecule has 16 fully saturated rings. The summed E-state index contributed by atoms with van der Waals surface area (Å²) in [6.45, 7) is 19.2. The molecule has 0 amide bonds. The van der Waals surface area contributed by atoms with Gasteiger partial charge in [-0.05, 0) is 423 Å². The molecule has 0 aromatic carbocycles. The minimum atomic E-state index is -0.455. The molecule has 22 nitrogen and oxygen atoms in total. The average molecular weight is 1740 g/mol. The van der Waals surface area contributed by atoms with E-state index in [1.165, 1.54) is 154 Å². The van der Waals surface area contributed by atoms with E-state index in [2.05, 4.69) is 78.3 Å². The van der Waals surface area contributed by atoms with Gasteiger partial charge in [0, 0.05) is 65.4 Å². The molecule has 8 heterocycles. The van der Waals surface area contributed by atoms with Gasteiger partial charge in [-0.3, -0.25) is 48.5 Å². The second-order valence-electron chi connectivity index (χ2n) is 48.0. The van der Waals surface area contributed by atoms with Crippen LogP contribution in [0.1, 0.15) is 287 Å². The third kappa shape index (κ3) is 15.8. The highest BCUT2D eigenvalue weighted by Gasteiger charge is 2.64. The molecule has 24 rings (SSSR count). The quantitative estimate of drug-likeness (QED) is 0.0883. The van der Waals surface area contributed by atoms with E-state index in [1.54, 1.807) is 52.9 Å². The maximum Gasteiger partial charge on any atom is 0.159 e. The number of nitrogens with zero attached hydrogens (tertiary/aromatic N) is 14. The lowest BCUT2D eigenvalue weighted by Crippen LogP contribution is -2.51. The third-order valence-electron chi connectivity index (χ3n) is 41.1. The first-order valence-electron chi connectivity index (χ1n) is 51.2. The minimum absolute atomic E-state index is 0.124. The molecular weight excluding hydrogens is 1600 g/mol. The number of Topliss-reactive ketones (excluding diaryl/α,β-unsaturated/α-hetero) is 4. The Labute approximate surface area is 756 Å². The normalized spacial score (nSPS) is 43.5. The van der Waals surface area contributed by atoms with Crippen LogP contribution in [0.4, 0.5) is 0 Å². The number of carbonyl (C=O) groups is 4. The van der Waals surface area contributed by atoms with Gasteiger partial charge in [-0.25, -0.2) is 4.68 Å². The first-order valence-corrected chi connectivity index (χ1v) is 51.2. The van der Waals surface area contributed by atoms with Crippen LogP contribution < -0.4 is 0 Å². The predicted molar refractivity (Wildman–Crippen MR) is 491 cm³/mol. The molecule has 0 saturated heterocycles. The van der Waals surface area contributed by atoms with Gasteiger partial charge in [0.1, 0.15) is 41.7 Å². The van der Waals surface area contributed by atoms with E-state index in [-0.39, 0.29) is 51.9 Å². The van der Waals surface area contributed by atoms with Crippen LogP contribution in [0.15, 0.2) is 86.2 Å². The Morgan fingerprint density at radius 1 is 0.320 bits per heavy atom. The van der Waals surface area contributed by atoms with Crippen molar-refractivity contribution in [2.45, 2.75) is 335 Å². The Balaban J connectivity index is 0.000000104. The number of carbonyl (C=O) groups excluding carboxylic acids is 4. The van der Waals surface area contributed by atoms with Crippen LogP contribution >= 0.6 is 0 Å². The number of rotatable bonds is 12. The lowest BCUT2D eigenvalue weighted by molar-refractivity contribution is -0.133. The van der Waals surface area contributed by atoms with Gasteiger partial charge in [0.05, 0.1) is 71.0 Å². The van der Waals surface area contributed by atoms with Gasteiger partial charge in [-0.2, -0.15) is 25.2 Å². The molecule has 8 aromatic heterocycles. The fourth-order valence-corrected chi connectivity index (χ4v) is 35.3. The van der Waals surface area contributed by atoms with Crippen LogP contribution in [0.5, 0.6) is 0 Å². The van der Waals surface area contributed by atoms with Crippen LogP contribution in [0, 0.1) is 164 Å². The van der Waals surface area contributed by atoms with E-state index in [9.17, 15) is 39.6 Å². The Morgan fingerprint density at radius 3 is 1.11 bits per heavy atom. The molecule has 32 atom stereocenters. The van der Waals surface area contributed by atoms with E-state index in [1.807, 2.05) is 79.9 Å². The van der Waals surface area contributed by atoms with E-state index in [0.717, 1.165) is 192 Å². The first kappa shape index (κ1) is 87.5. The number of pyridine rings is 4. The Morgan fingerprint density at radius 2 is 0.680 bits per heavy atom. The lowest BCUT2D eigenvalue weighted by atomic mass is 9.49. The van der Waals surface area contributed by atoms with E-state index in [4.69, 9.17) is 0 Å². The fourth-order valence-electron chi connectivity index (χ4n) is 35.3. The van der Waals surface area contributed by atoms with Crippen molar-refractivity contribution in [3.05, 3.63) is 86.2 Å². The van der Waals surface area contributed by atoms with Crippen molar-refractivity contribution in [3.63, 3.8) is 0 Å². The second kappa shape index (κ2) is 33.5. The highest BCUT2D eigenvalue weighted by molar-refractivity contribution is 5.87. The molecular formula is C106H146N14O8. The van der Waals surface area contributed by atoms with Gasteiger partial charge < -0.3 is 20.4 Å². The van der Waals surface area contributed by atoms with E-state index >= 15 is 0 Å². The van der Waals surface area contributed by atoms with Gasteiger partial charge in [0.2, 0.25) is 0 Å². The Kier molecular flexibility index (Phi) is 22.9. The van der Waals surface area contributed by atoms with Crippen LogP contribution in [0.25, 0.3) is 43.9 Å². The van der Waals surface area contributed by atoms with E-state index in [0.29, 0.717) is 90.1 Å². The molecule has 8 aromatic rings. The number of hydrogen-bond donors (Lipinski definition) is 4. The van der Waals surface area contributed by atoms with Crippen molar-refractivity contribution in [1.82, 2.24) is 69.5 Å². The smallest absolute Gasteiger partial charge is 0.159 e. The lowest BCUT2D eigenvalue weighted by Gasteiger charge is -2.56. The highest BCUT2D eigenvalue weighted by atomic mass is 16.3. The monoisotopic (exact) mass is 1740 g/mol. The first-order chi connectivity index (χ1) is 61.4. The standard InChI is InChI=1S/2C27H37N3O2.2C26H36N4O2/c1-26(32)10-7-19-17(13-26)3-4-21-20(19)8-11-27(2)22(21)5-6-23(27)25(31)16-30-15-18-9-12-28-14-24(18)29-30;1-26(32)10-7-19-17(13-26)3-4-21-20(19)8-11-27(2)22(21)5-6-23(27)25(31)16-30-24-15-28-12-9-18(24)14-29-30;1-25(32)10-7-17-16(13-25)3-4-19-18(17)8-11-26(2)20(19)5-6-21(26)24(31)15-30-23-9-12-27-14-22(23)28-29-30;1-25(32)10-7-17-16(13-25)3-4-19-18(17)8-11-26(2)20(19)5-6-21(26)24(31)15-30-28-22-9-12-27-14-23(22)29-30/h2*9,12,14-15,17,19-23,32H,3-8,10-11,13,16H2,1-2H3;2*9,12,14,16-21,32H,3-8,10-11,13,15H2,1-2H3/t2*17-,19-,20+,21+,22-,23+,26+,27-;2*16-,17-,18+,19+,20-,21+,25+,26-/m0000/s1. The van der Waals surface area contributed by atoms with Crippen LogP contribution in [-0.2, 0) is 45.4 Å². The summed E-state index contributed by atoms with van der Waals surface area (Å²) in [5, 5.41) is 71.0. The number of aromatic nitrogens is 14. The number of aliphatic hydroxyl groups is 4. The SMILES string of the molecule is C[C@@]1(O)CC[C@H]2[C@@H](CC[C@@H]3[C@@H]2CC[C@]2(C)[C@@H](C(=O)Cn4cc5ccncc5n4)CC[C@@H]32)C1.C[C@@]1(O)CC[C@H]2[C@@H](CC[C@@H]3[C@@H]2CC[C@]2(C)[C@@H](C(=O)Cn4nc5ccncc5n4)CC[C@@H]32)C1.C[C@@]1(O)CC[C@H]2[C@@H](CC[C@@H]3[C@@H]2CC[C@]2(C)[C@@H](C(=O)Cn4ncc5ccncc54)CC[C@@H]32)C1.C[C@@]1(O)CC[C@H]2[C@@H](CC[C@@H]3[C@@H]2CC[C@]2(C)[C@@H](C(=O)Cn4nnc5cnccc54)CC[C@@H]32)C1. The van der Waals surface area contributed by atoms with Crippen LogP contribution in [-0.4, -0.2) is 135 Å². The molecule has 0 bridgehead atoms. The average Bonchev–Trinajstić information content (AvgIpc) is 1.50. The fraction of sp³-hybridized carbons (Fsp3) is 0.755. The van der Waals surface area contributed by atoms with Crippen LogP contribution in [0.2, 0.25) is 0 Å². The third-order valence-corrected chi connectivity index (χ3v) is 41.1. The summed E-state index contributed by atoms with van der Waals surface area (Å²) >= 11 is 0. The Bertz CT molecular complexity index is 5020. The molecule has 128 heavy (non-hydrogen) atoms. The predicted octanol–water partition coefficient (Wildman–Crippen LogP) is 18.9. The van der Waals surface area contributed by atoms with Crippen molar-refractivity contribution in [1.29, 1.82) is 0 Å². The molecule has 4 N–H and O–H groups in total. The molecule has 0 unspecified atom stereocenters. The summed E-state index contributed by atoms with van der Waals surface area (Å²) in [6, 6.07) is 7.66. The largest absolute Gasteiger partial charge is 0.390 e. The van der Waals surface area contributed by atoms with Crippen molar-refractivity contribution in [2.24, 2.45) is 164 Å². The van der Waals surface area contributed by atoms with Crippen molar-refractivity contribution in [3.8, 4) is 0 Å². The maximum absolute atomic E-state index is 13.6. The molecule has 0 radical (unpaired) electrons. The Hall–Kier alpha value is -7.14. The number of ketones is 4. The number of hydrogen-bond acceptors (Lipinski definition) is 18. The minimum Gasteiger partial charge on any atom is -0.390 e. The summed E-state index contributed by atoms with van der Waals surface area (Å²) < 4.78 is 5.45. The van der Waals surface area contributed by atoms with Gasteiger partial charge >= 0.3 is 0 Å². The summed E-state index contributed by atoms with van der Waals surface area (Å²) in [5.74, 6) is 17.1. The summed E-state index contributed by atoms with van der Waals surface area (Å²) in [5.41, 5.74) is 3.75. The second-order valence-corrected chi connectivity index (χ2v) is 48.0. The van der Waals surface area contributed by atoms with Gasteiger partial charge in [0.25, 0.3) is 0 Å². The molecule has 16 saturated carbocycles. The van der Waals surface area contributed by atoms with Crippen LogP contribution in [0.3, 0.4) is 0 Å². The zero-order valence-electron chi connectivity index (χ0n) is 77.9. The van der Waals surface area contributed by atoms with E-state index < -0.39 is 22.4 Å². The van der Waals surface area contributed by atoms with Crippen molar-refractivity contribution < 1.29 is 39.6 Å². The highest BCUT2D eigenvalue weighted by Crippen LogP contribution is 2.70. The van der Waals surface area contributed by atoms with Crippen molar-refractivity contribution in [2.75, 3.05) is 0 Å². The van der Waals surface area contributed by atoms with Gasteiger partial charge in [-0.15, -0.1) is 5.10 Å². The molecule has 16 aliphatic rings. The summed E-state index contributed by atoms with van der Waals surface area (Å²) in [6.07, 6.45) is 59.5.